The highest BCUT2D eigenvalue weighted by Gasteiger charge is 2.24. The van der Waals surface area contributed by atoms with Gasteiger partial charge in [-0.3, -0.25) is 9.78 Å². The van der Waals surface area contributed by atoms with E-state index >= 15 is 0 Å². The van der Waals surface area contributed by atoms with Gasteiger partial charge in [-0.25, -0.2) is 4.98 Å². The van der Waals surface area contributed by atoms with Crippen molar-refractivity contribution in [2.24, 2.45) is 7.05 Å². The standard InChI is InChI=1S/C15H17BrN4O/c1-19-13-10-20(9-7-12(13)18-15(19)16)14(21)6-5-11-4-2-3-8-17-11/h2-4,8H,5-7,9-10H2,1H3. The summed E-state index contributed by atoms with van der Waals surface area (Å²) in [6.07, 6.45) is 3.79. The molecule has 1 amide bonds. The summed E-state index contributed by atoms with van der Waals surface area (Å²) in [6.45, 7) is 1.39. The summed E-state index contributed by atoms with van der Waals surface area (Å²) in [5.74, 6) is 0.184. The van der Waals surface area contributed by atoms with Gasteiger partial charge in [0.1, 0.15) is 0 Å². The first-order valence-electron chi connectivity index (χ1n) is 7.03. The maximum atomic E-state index is 12.4. The summed E-state index contributed by atoms with van der Waals surface area (Å²) in [6, 6.07) is 5.80. The van der Waals surface area contributed by atoms with E-state index in [1.165, 1.54) is 0 Å². The molecule has 2 aromatic heterocycles. The summed E-state index contributed by atoms with van der Waals surface area (Å²) >= 11 is 3.43. The van der Waals surface area contributed by atoms with Crippen molar-refractivity contribution in [3.63, 3.8) is 0 Å². The third-order valence-corrected chi connectivity index (χ3v) is 4.58. The molecule has 0 saturated heterocycles. The summed E-state index contributed by atoms with van der Waals surface area (Å²) in [5.41, 5.74) is 3.18. The van der Waals surface area contributed by atoms with E-state index in [0.29, 0.717) is 19.4 Å². The summed E-state index contributed by atoms with van der Waals surface area (Å²) in [7, 11) is 1.97. The van der Waals surface area contributed by atoms with Crippen molar-refractivity contribution in [3.05, 3.63) is 46.2 Å². The number of halogens is 1. The van der Waals surface area contributed by atoms with Crippen LogP contribution in [-0.4, -0.2) is 31.9 Å². The Morgan fingerprint density at radius 3 is 3.05 bits per heavy atom. The molecular formula is C15H17BrN4O. The highest BCUT2D eigenvalue weighted by Crippen LogP contribution is 2.22. The SMILES string of the molecule is Cn1c(Br)nc2c1CN(C(=O)CCc1ccccn1)CC2. The first-order chi connectivity index (χ1) is 10.1. The van der Waals surface area contributed by atoms with Crippen molar-refractivity contribution in [1.82, 2.24) is 19.4 Å². The number of nitrogens with zero attached hydrogens (tertiary/aromatic N) is 4. The number of carbonyl (C=O) groups excluding carboxylic acids is 1. The zero-order valence-corrected chi connectivity index (χ0v) is 13.5. The monoisotopic (exact) mass is 348 g/mol. The van der Waals surface area contributed by atoms with Crippen LogP contribution in [0, 0.1) is 0 Å². The molecule has 0 bridgehead atoms. The second kappa shape index (κ2) is 5.97. The van der Waals surface area contributed by atoms with E-state index in [2.05, 4.69) is 25.9 Å². The second-order valence-corrected chi connectivity index (χ2v) is 5.93. The Kier molecular flexibility index (Phi) is 4.05. The molecule has 0 N–H and O–H groups in total. The number of rotatable bonds is 3. The van der Waals surface area contributed by atoms with Crippen LogP contribution in [0.25, 0.3) is 0 Å². The molecule has 5 nitrogen and oxygen atoms in total. The lowest BCUT2D eigenvalue weighted by molar-refractivity contribution is -0.132. The third-order valence-electron chi connectivity index (χ3n) is 3.87. The van der Waals surface area contributed by atoms with Crippen molar-refractivity contribution in [1.29, 1.82) is 0 Å². The predicted octanol–water partition coefficient (Wildman–Crippen LogP) is 2.10. The molecule has 3 heterocycles. The molecule has 6 heteroatoms. The van der Waals surface area contributed by atoms with Crippen molar-refractivity contribution >= 4 is 21.8 Å². The predicted molar refractivity (Wildman–Crippen MR) is 82.6 cm³/mol. The van der Waals surface area contributed by atoms with Crippen LogP contribution in [0.15, 0.2) is 29.1 Å². The minimum atomic E-state index is 0.184. The maximum Gasteiger partial charge on any atom is 0.223 e. The number of imidazole rings is 1. The largest absolute Gasteiger partial charge is 0.336 e. The molecule has 110 valence electrons. The van der Waals surface area contributed by atoms with E-state index in [1.807, 2.05) is 34.7 Å². The number of aromatic nitrogens is 3. The smallest absolute Gasteiger partial charge is 0.223 e. The molecule has 0 unspecified atom stereocenters. The van der Waals surface area contributed by atoms with Gasteiger partial charge in [0, 0.05) is 38.3 Å². The number of pyridine rings is 1. The fourth-order valence-corrected chi connectivity index (χ4v) is 3.03. The average molecular weight is 349 g/mol. The van der Waals surface area contributed by atoms with Crippen LogP contribution in [0.3, 0.4) is 0 Å². The van der Waals surface area contributed by atoms with Gasteiger partial charge >= 0.3 is 0 Å². The van der Waals surface area contributed by atoms with Crippen LogP contribution in [0.1, 0.15) is 23.5 Å². The third kappa shape index (κ3) is 3.00. The second-order valence-electron chi connectivity index (χ2n) is 5.22. The summed E-state index contributed by atoms with van der Waals surface area (Å²) in [5, 5.41) is 0. The maximum absolute atomic E-state index is 12.4. The lowest BCUT2D eigenvalue weighted by Gasteiger charge is -2.27. The van der Waals surface area contributed by atoms with Gasteiger partial charge in [0.2, 0.25) is 5.91 Å². The number of hydrogen-bond donors (Lipinski definition) is 0. The molecule has 0 aliphatic carbocycles. The van der Waals surface area contributed by atoms with Crippen molar-refractivity contribution in [2.75, 3.05) is 6.54 Å². The Morgan fingerprint density at radius 2 is 2.29 bits per heavy atom. The Morgan fingerprint density at radius 1 is 1.43 bits per heavy atom. The van der Waals surface area contributed by atoms with Gasteiger partial charge in [-0.05, 0) is 34.5 Å². The molecule has 21 heavy (non-hydrogen) atoms. The number of amides is 1. The van der Waals surface area contributed by atoms with E-state index in [1.54, 1.807) is 6.20 Å². The Bertz CT molecular complexity index is 653. The van der Waals surface area contributed by atoms with E-state index in [-0.39, 0.29) is 5.91 Å². The van der Waals surface area contributed by atoms with Crippen LogP contribution < -0.4 is 0 Å². The minimum absolute atomic E-state index is 0.184. The first-order valence-corrected chi connectivity index (χ1v) is 7.82. The highest BCUT2D eigenvalue weighted by atomic mass is 79.9. The van der Waals surface area contributed by atoms with Gasteiger partial charge in [-0.1, -0.05) is 6.07 Å². The van der Waals surface area contributed by atoms with E-state index < -0.39 is 0 Å². The molecule has 3 rings (SSSR count). The molecule has 2 aromatic rings. The van der Waals surface area contributed by atoms with Crippen LogP contribution >= 0.6 is 15.9 Å². The van der Waals surface area contributed by atoms with Gasteiger partial charge in [-0.2, -0.15) is 0 Å². The van der Waals surface area contributed by atoms with Crippen LogP contribution in [0.4, 0.5) is 0 Å². The summed E-state index contributed by atoms with van der Waals surface area (Å²) < 4.78 is 2.84. The van der Waals surface area contributed by atoms with E-state index in [4.69, 9.17) is 0 Å². The van der Waals surface area contributed by atoms with Crippen LogP contribution in [0.5, 0.6) is 0 Å². The quantitative estimate of drug-likeness (QED) is 0.853. The molecule has 0 atom stereocenters. The molecular weight excluding hydrogens is 332 g/mol. The number of aryl methyl sites for hydroxylation is 1. The van der Waals surface area contributed by atoms with E-state index in [9.17, 15) is 4.79 Å². The van der Waals surface area contributed by atoms with Crippen LogP contribution in [-0.2, 0) is 31.2 Å². The van der Waals surface area contributed by atoms with Crippen molar-refractivity contribution in [3.8, 4) is 0 Å². The van der Waals surface area contributed by atoms with Crippen molar-refractivity contribution in [2.45, 2.75) is 25.8 Å². The minimum Gasteiger partial charge on any atom is -0.336 e. The number of carbonyl (C=O) groups is 1. The molecule has 0 fully saturated rings. The van der Waals surface area contributed by atoms with Gasteiger partial charge in [0.15, 0.2) is 4.73 Å². The molecule has 1 aliphatic rings. The van der Waals surface area contributed by atoms with Crippen LogP contribution in [0.2, 0.25) is 0 Å². The highest BCUT2D eigenvalue weighted by molar-refractivity contribution is 9.10. The van der Waals surface area contributed by atoms with Gasteiger partial charge in [0.25, 0.3) is 0 Å². The van der Waals surface area contributed by atoms with Gasteiger partial charge < -0.3 is 9.47 Å². The summed E-state index contributed by atoms with van der Waals surface area (Å²) in [4.78, 5) is 23.0. The molecule has 0 saturated carbocycles. The lowest BCUT2D eigenvalue weighted by atomic mass is 10.1. The first kappa shape index (κ1) is 14.3. The molecule has 0 spiro atoms. The molecule has 0 aromatic carbocycles. The van der Waals surface area contributed by atoms with Gasteiger partial charge in [0.05, 0.1) is 17.9 Å². The zero-order chi connectivity index (χ0) is 14.8. The normalized spacial score (nSPS) is 14.1. The fourth-order valence-electron chi connectivity index (χ4n) is 2.61. The topological polar surface area (TPSA) is 51.0 Å². The Labute approximate surface area is 132 Å². The molecule has 1 aliphatic heterocycles. The zero-order valence-electron chi connectivity index (χ0n) is 11.9. The fraction of sp³-hybridized carbons (Fsp3) is 0.400. The lowest BCUT2D eigenvalue weighted by Crippen LogP contribution is -2.36. The number of fused-ring (bicyclic) bond motifs is 1. The average Bonchev–Trinajstić information content (AvgIpc) is 2.80. The Hall–Kier alpha value is -1.69. The number of hydrogen-bond acceptors (Lipinski definition) is 3. The van der Waals surface area contributed by atoms with E-state index in [0.717, 1.165) is 34.8 Å². The van der Waals surface area contributed by atoms with Gasteiger partial charge in [-0.15, -0.1) is 0 Å². The molecule has 0 radical (unpaired) electrons. The van der Waals surface area contributed by atoms with Crippen molar-refractivity contribution < 1.29 is 4.79 Å². The Balaban J connectivity index is 1.63.